The second kappa shape index (κ2) is 5.14. The lowest BCUT2D eigenvalue weighted by Crippen LogP contribution is -2.09. The quantitative estimate of drug-likeness (QED) is 0.641. The van der Waals surface area contributed by atoms with Crippen molar-refractivity contribution >= 4 is 15.9 Å². The van der Waals surface area contributed by atoms with E-state index in [1.165, 1.54) is 0 Å². The van der Waals surface area contributed by atoms with E-state index in [-0.39, 0.29) is 0 Å². The van der Waals surface area contributed by atoms with Gasteiger partial charge in [0, 0.05) is 10.0 Å². The number of rotatable bonds is 4. The van der Waals surface area contributed by atoms with Gasteiger partial charge in [0.1, 0.15) is 18.6 Å². The standard InChI is InChI=1S/C10H12BrNO2/c1-2-5-14-7-3-4-9(11)8(6-7)10(12)13/h2-4,6,10,13H,1,5,12H2. The zero-order chi connectivity index (χ0) is 10.6. The van der Waals surface area contributed by atoms with Crippen LogP contribution in [0.1, 0.15) is 11.8 Å². The molecule has 1 rings (SSSR count). The number of nitrogens with two attached hydrogens (primary N) is 1. The van der Waals surface area contributed by atoms with Crippen molar-refractivity contribution in [2.75, 3.05) is 6.61 Å². The molecule has 14 heavy (non-hydrogen) atoms. The first kappa shape index (κ1) is 11.2. The topological polar surface area (TPSA) is 55.5 Å². The van der Waals surface area contributed by atoms with E-state index in [1.807, 2.05) is 0 Å². The molecule has 0 aliphatic rings. The third-order valence-electron chi connectivity index (χ3n) is 1.65. The number of halogens is 1. The van der Waals surface area contributed by atoms with Gasteiger partial charge < -0.3 is 15.6 Å². The van der Waals surface area contributed by atoms with E-state index >= 15 is 0 Å². The van der Waals surface area contributed by atoms with Gasteiger partial charge in [-0.05, 0) is 18.2 Å². The van der Waals surface area contributed by atoms with Crippen LogP contribution in [0, 0.1) is 0 Å². The van der Waals surface area contributed by atoms with Gasteiger partial charge in [-0.2, -0.15) is 0 Å². The Hall–Kier alpha value is -0.840. The number of hydrogen-bond acceptors (Lipinski definition) is 3. The SMILES string of the molecule is C=CCOc1ccc(Br)c(C(N)O)c1. The van der Waals surface area contributed by atoms with Crippen molar-refractivity contribution in [1.29, 1.82) is 0 Å². The van der Waals surface area contributed by atoms with Gasteiger partial charge in [-0.15, -0.1) is 0 Å². The molecule has 0 radical (unpaired) electrons. The highest BCUT2D eigenvalue weighted by atomic mass is 79.9. The molecule has 1 aromatic carbocycles. The van der Waals surface area contributed by atoms with Crippen LogP contribution in [-0.4, -0.2) is 11.7 Å². The smallest absolute Gasteiger partial charge is 0.129 e. The van der Waals surface area contributed by atoms with E-state index in [1.54, 1.807) is 24.3 Å². The van der Waals surface area contributed by atoms with Crippen molar-refractivity contribution in [2.24, 2.45) is 5.73 Å². The van der Waals surface area contributed by atoms with Crippen LogP contribution in [0.25, 0.3) is 0 Å². The third kappa shape index (κ3) is 2.83. The highest BCUT2D eigenvalue weighted by Crippen LogP contribution is 2.25. The number of benzene rings is 1. The predicted molar refractivity (Wildman–Crippen MR) is 59.0 cm³/mol. The van der Waals surface area contributed by atoms with Crippen LogP contribution in [0.15, 0.2) is 35.3 Å². The van der Waals surface area contributed by atoms with Gasteiger partial charge in [0.15, 0.2) is 0 Å². The summed E-state index contributed by atoms with van der Waals surface area (Å²) in [6.45, 7) is 3.97. The Kier molecular flexibility index (Phi) is 4.13. The van der Waals surface area contributed by atoms with Crippen molar-refractivity contribution in [1.82, 2.24) is 0 Å². The molecule has 0 aromatic heterocycles. The van der Waals surface area contributed by atoms with Gasteiger partial charge in [-0.25, -0.2) is 0 Å². The molecule has 1 unspecified atom stereocenters. The molecule has 1 atom stereocenters. The minimum atomic E-state index is -1.00. The van der Waals surface area contributed by atoms with Crippen LogP contribution >= 0.6 is 15.9 Å². The van der Waals surface area contributed by atoms with Crippen LogP contribution < -0.4 is 10.5 Å². The van der Waals surface area contributed by atoms with Gasteiger partial charge >= 0.3 is 0 Å². The average molecular weight is 258 g/mol. The van der Waals surface area contributed by atoms with E-state index in [2.05, 4.69) is 22.5 Å². The zero-order valence-corrected chi connectivity index (χ0v) is 9.20. The molecule has 0 fully saturated rings. The first-order valence-electron chi connectivity index (χ1n) is 4.12. The summed E-state index contributed by atoms with van der Waals surface area (Å²) in [5.74, 6) is 0.660. The molecule has 76 valence electrons. The van der Waals surface area contributed by atoms with Crippen LogP contribution in [0.2, 0.25) is 0 Å². The second-order valence-electron chi connectivity index (χ2n) is 2.73. The molecule has 0 spiro atoms. The molecule has 0 amide bonds. The van der Waals surface area contributed by atoms with Crippen LogP contribution in [0.4, 0.5) is 0 Å². The van der Waals surface area contributed by atoms with Crippen molar-refractivity contribution in [2.45, 2.75) is 6.23 Å². The molecule has 0 aliphatic carbocycles. The van der Waals surface area contributed by atoms with Gasteiger partial charge in [0.25, 0.3) is 0 Å². The van der Waals surface area contributed by atoms with Crippen molar-refractivity contribution < 1.29 is 9.84 Å². The third-order valence-corrected chi connectivity index (χ3v) is 2.38. The highest BCUT2D eigenvalue weighted by molar-refractivity contribution is 9.10. The Morgan fingerprint density at radius 2 is 2.36 bits per heavy atom. The first-order valence-corrected chi connectivity index (χ1v) is 4.91. The number of aliphatic hydroxyl groups excluding tert-OH is 1. The van der Waals surface area contributed by atoms with E-state index in [0.29, 0.717) is 17.9 Å². The molecule has 3 nitrogen and oxygen atoms in total. The molecule has 1 aromatic rings. The van der Waals surface area contributed by atoms with E-state index in [4.69, 9.17) is 10.5 Å². The number of hydrogen-bond donors (Lipinski definition) is 2. The molecular formula is C10H12BrNO2. The van der Waals surface area contributed by atoms with Gasteiger partial charge in [0.2, 0.25) is 0 Å². The Morgan fingerprint density at radius 3 is 2.93 bits per heavy atom. The lowest BCUT2D eigenvalue weighted by Gasteiger charge is -2.10. The summed E-state index contributed by atoms with van der Waals surface area (Å²) in [4.78, 5) is 0. The van der Waals surface area contributed by atoms with E-state index in [9.17, 15) is 5.11 Å². The summed E-state index contributed by atoms with van der Waals surface area (Å²) < 4.78 is 6.06. The molecule has 0 aliphatic heterocycles. The Labute approximate surface area is 91.3 Å². The molecule has 3 N–H and O–H groups in total. The van der Waals surface area contributed by atoms with E-state index in [0.717, 1.165) is 4.47 Å². The Balaban J connectivity index is 2.88. The van der Waals surface area contributed by atoms with Crippen molar-refractivity contribution in [3.63, 3.8) is 0 Å². The van der Waals surface area contributed by atoms with Crippen LogP contribution in [0.5, 0.6) is 5.75 Å². The number of ether oxygens (including phenoxy) is 1. The summed E-state index contributed by atoms with van der Waals surface area (Å²) in [5, 5.41) is 9.23. The fourth-order valence-electron chi connectivity index (χ4n) is 0.993. The summed E-state index contributed by atoms with van der Waals surface area (Å²) in [7, 11) is 0. The summed E-state index contributed by atoms with van der Waals surface area (Å²) in [6, 6.07) is 5.27. The fourth-order valence-corrected chi connectivity index (χ4v) is 1.47. The maximum absolute atomic E-state index is 9.23. The zero-order valence-electron chi connectivity index (χ0n) is 7.61. The van der Waals surface area contributed by atoms with Crippen LogP contribution in [-0.2, 0) is 0 Å². The highest BCUT2D eigenvalue weighted by Gasteiger charge is 2.07. The minimum Gasteiger partial charge on any atom is -0.490 e. The summed E-state index contributed by atoms with van der Waals surface area (Å²) in [6.07, 6.45) is 0.650. The lowest BCUT2D eigenvalue weighted by atomic mass is 10.2. The largest absolute Gasteiger partial charge is 0.490 e. The molecule has 0 saturated carbocycles. The summed E-state index contributed by atoms with van der Waals surface area (Å²) >= 11 is 3.28. The Morgan fingerprint density at radius 1 is 1.64 bits per heavy atom. The maximum Gasteiger partial charge on any atom is 0.129 e. The van der Waals surface area contributed by atoms with Crippen molar-refractivity contribution in [3.8, 4) is 5.75 Å². The predicted octanol–water partition coefficient (Wildman–Crippen LogP) is 1.96. The first-order chi connectivity index (χ1) is 6.65. The monoisotopic (exact) mass is 257 g/mol. The molecule has 0 saturated heterocycles. The fraction of sp³-hybridized carbons (Fsp3) is 0.200. The van der Waals surface area contributed by atoms with Gasteiger partial charge in [0.05, 0.1) is 0 Å². The minimum absolute atomic E-state index is 0.432. The van der Waals surface area contributed by atoms with Gasteiger partial charge in [-0.1, -0.05) is 28.6 Å². The average Bonchev–Trinajstić information content (AvgIpc) is 2.16. The normalized spacial score (nSPS) is 12.2. The molecule has 0 bridgehead atoms. The van der Waals surface area contributed by atoms with Crippen molar-refractivity contribution in [3.05, 3.63) is 40.9 Å². The second-order valence-corrected chi connectivity index (χ2v) is 3.58. The van der Waals surface area contributed by atoms with Gasteiger partial charge in [-0.3, -0.25) is 0 Å². The maximum atomic E-state index is 9.23. The van der Waals surface area contributed by atoms with Crippen LogP contribution in [0.3, 0.4) is 0 Å². The number of aliphatic hydroxyl groups is 1. The van der Waals surface area contributed by atoms with E-state index < -0.39 is 6.23 Å². The lowest BCUT2D eigenvalue weighted by molar-refractivity contribution is 0.185. The Bertz CT molecular complexity index is 326. The molecule has 0 heterocycles. The molecule has 4 heteroatoms. The molecular weight excluding hydrogens is 246 g/mol. The summed E-state index contributed by atoms with van der Waals surface area (Å²) in [5.41, 5.74) is 5.97.